The first-order valence-corrected chi connectivity index (χ1v) is 8.13. The standard InChI is InChI=1S/C18H15ClN6/c19-13-4-2-6-15(11-13)21-16-7-8-17-22-23-18(25(17)24-16)10-12-3-1-5-14(20)9-12/h1-9,11H,10,20H2,(H,21,24). The SMILES string of the molecule is Nc1cccc(Cc2nnc3ccc(Nc4cccc(Cl)c4)nn23)c1. The number of nitrogen functional groups attached to an aromatic ring is 1. The number of aromatic nitrogens is 4. The van der Waals surface area contributed by atoms with Gasteiger partial charge in [-0.15, -0.1) is 15.3 Å². The predicted octanol–water partition coefficient (Wildman–Crippen LogP) is 3.69. The van der Waals surface area contributed by atoms with Crippen molar-refractivity contribution in [3.05, 3.63) is 77.1 Å². The van der Waals surface area contributed by atoms with Crippen molar-refractivity contribution >= 4 is 34.4 Å². The van der Waals surface area contributed by atoms with Crippen molar-refractivity contribution in [2.24, 2.45) is 0 Å². The molecule has 0 aliphatic rings. The molecule has 4 rings (SSSR count). The molecule has 2 aromatic carbocycles. The Hall–Kier alpha value is -3.12. The number of nitrogens with one attached hydrogen (secondary N) is 1. The first kappa shape index (κ1) is 15.4. The van der Waals surface area contributed by atoms with E-state index in [4.69, 9.17) is 17.3 Å². The molecule has 0 unspecified atom stereocenters. The lowest BCUT2D eigenvalue weighted by Crippen LogP contribution is -2.03. The van der Waals surface area contributed by atoms with Crippen molar-refractivity contribution in [1.29, 1.82) is 0 Å². The van der Waals surface area contributed by atoms with Gasteiger partial charge >= 0.3 is 0 Å². The monoisotopic (exact) mass is 350 g/mol. The zero-order valence-electron chi connectivity index (χ0n) is 13.2. The highest BCUT2D eigenvalue weighted by molar-refractivity contribution is 6.30. The van der Waals surface area contributed by atoms with Gasteiger partial charge < -0.3 is 11.1 Å². The minimum atomic E-state index is 0.597. The van der Waals surface area contributed by atoms with E-state index in [0.29, 0.717) is 22.9 Å². The molecule has 124 valence electrons. The number of fused-ring (bicyclic) bond motifs is 1. The van der Waals surface area contributed by atoms with E-state index in [-0.39, 0.29) is 0 Å². The number of hydrogen-bond acceptors (Lipinski definition) is 5. The molecule has 2 aromatic heterocycles. The molecule has 3 N–H and O–H groups in total. The van der Waals surface area contributed by atoms with Crippen molar-refractivity contribution in [2.75, 3.05) is 11.1 Å². The number of anilines is 3. The van der Waals surface area contributed by atoms with Crippen LogP contribution >= 0.6 is 11.6 Å². The lowest BCUT2D eigenvalue weighted by Gasteiger charge is -2.07. The molecule has 0 fully saturated rings. The summed E-state index contributed by atoms with van der Waals surface area (Å²) in [4.78, 5) is 0. The molecule has 6 nitrogen and oxygen atoms in total. The molecule has 0 bridgehead atoms. The quantitative estimate of drug-likeness (QED) is 0.548. The number of nitrogens with two attached hydrogens (primary N) is 1. The molecular weight excluding hydrogens is 336 g/mol. The largest absolute Gasteiger partial charge is 0.399 e. The van der Waals surface area contributed by atoms with Gasteiger partial charge in [-0.3, -0.25) is 0 Å². The van der Waals surface area contributed by atoms with Gasteiger partial charge in [0.15, 0.2) is 17.3 Å². The predicted molar refractivity (Wildman–Crippen MR) is 99.2 cm³/mol. The first-order valence-electron chi connectivity index (χ1n) is 7.76. The summed E-state index contributed by atoms with van der Waals surface area (Å²) in [5, 5.41) is 16.9. The summed E-state index contributed by atoms with van der Waals surface area (Å²) in [5.74, 6) is 1.43. The van der Waals surface area contributed by atoms with Gasteiger partial charge in [0.05, 0.1) is 0 Å². The number of halogens is 1. The summed E-state index contributed by atoms with van der Waals surface area (Å²) < 4.78 is 1.73. The van der Waals surface area contributed by atoms with E-state index in [1.807, 2.05) is 60.7 Å². The zero-order valence-corrected chi connectivity index (χ0v) is 14.0. The van der Waals surface area contributed by atoms with E-state index < -0.39 is 0 Å². The summed E-state index contributed by atoms with van der Waals surface area (Å²) in [6.07, 6.45) is 0.597. The van der Waals surface area contributed by atoms with Gasteiger partial charge in [-0.2, -0.15) is 4.52 Å². The number of rotatable bonds is 4. The molecule has 25 heavy (non-hydrogen) atoms. The van der Waals surface area contributed by atoms with Crippen molar-refractivity contribution < 1.29 is 0 Å². The van der Waals surface area contributed by atoms with Gasteiger partial charge in [-0.1, -0.05) is 29.8 Å². The Labute approximate surface area is 149 Å². The molecule has 2 heterocycles. The maximum Gasteiger partial charge on any atom is 0.178 e. The molecule has 0 spiro atoms. The van der Waals surface area contributed by atoms with Crippen LogP contribution < -0.4 is 11.1 Å². The molecule has 0 radical (unpaired) electrons. The highest BCUT2D eigenvalue weighted by Gasteiger charge is 2.09. The molecule has 0 amide bonds. The summed E-state index contributed by atoms with van der Waals surface area (Å²) in [6, 6.07) is 18.9. The van der Waals surface area contributed by atoms with Crippen LogP contribution in [-0.4, -0.2) is 19.8 Å². The molecule has 0 atom stereocenters. The summed E-state index contributed by atoms with van der Waals surface area (Å²) in [5.41, 5.74) is 9.18. The molecule has 0 aliphatic carbocycles. The fourth-order valence-electron chi connectivity index (χ4n) is 2.61. The Morgan fingerprint density at radius 2 is 1.88 bits per heavy atom. The third kappa shape index (κ3) is 3.39. The van der Waals surface area contributed by atoms with Gasteiger partial charge in [-0.25, -0.2) is 0 Å². The fraction of sp³-hybridized carbons (Fsp3) is 0.0556. The van der Waals surface area contributed by atoms with Gasteiger partial charge in [-0.05, 0) is 48.0 Å². The molecule has 0 aliphatic heterocycles. The van der Waals surface area contributed by atoms with E-state index in [9.17, 15) is 0 Å². The lowest BCUT2D eigenvalue weighted by atomic mass is 10.1. The number of nitrogens with zero attached hydrogens (tertiary/aromatic N) is 4. The zero-order chi connectivity index (χ0) is 17.2. The lowest BCUT2D eigenvalue weighted by molar-refractivity contribution is 0.842. The van der Waals surface area contributed by atoms with Crippen LogP contribution in [0.15, 0.2) is 60.7 Å². The summed E-state index contributed by atoms with van der Waals surface area (Å²) in [6.45, 7) is 0. The van der Waals surface area contributed by atoms with Crippen LogP contribution in [0.3, 0.4) is 0 Å². The van der Waals surface area contributed by atoms with Gasteiger partial charge in [0, 0.05) is 22.8 Å². The number of hydrogen-bond donors (Lipinski definition) is 2. The second-order valence-corrected chi connectivity index (χ2v) is 6.10. The molecule has 4 aromatic rings. The van der Waals surface area contributed by atoms with E-state index in [0.717, 1.165) is 22.8 Å². The van der Waals surface area contributed by atoms with E-state index in [1.165, 1.54) is 0 Å². The van der Waals surface area contributed by atoms with Crippen LogP contribution in [0, 0.1) is 0 Å². The Morgan fingerprint density at radius 3 is 2.72 bits per heavy atom. The van der Waals surface area contributed by atoms with E-state index >= 15 is 0 Å². The Morgan fingerprint density at radius 1 is 1.00 bits per heavy atom. The van der Waals surface area contributed by atoms with Crippen molar-refractivity contribution in [2.45, 2.75) is 6.42 Å². The highest BCUT2D eigenvalue weighted by Crippen LogP contribution is 2.19. The average Bonchev–Trinajstić information content (AvgIpc) is 2.97. The minimum Gasteiger partial charge on any atom is -0.399 e. The van der Waals surface area contributed by atoms with Crippen molar-refractivity contribution in [1.82, 2.24) is 19.8 Å². The number of benzene rings is 2. The van der Waals surface area contributed by atoms with E-state index in [2.05, 4.69) is 20.6 Å². The third-order valence-electron chi connectivity index (χ3n) is 3.74. The van der Waals surface area contributed by atoms with E-state index in [1.54, 1.807) is 4.52 Å². The fourth-order valence-corrected chi connectivity index (χ4v) is 2.80. The Balaban J connectivity index is 1.65. The maximum atomic E-state index is 6.02. The Bertz CT molecular complexity index is 1040. The molecular formula is C18H15ClN6. The summed E-state index contributed by atoms with van der Waals surface area (Å²) >= 11 is 6.02. The second-order valence-electron chi connectivity index (χ2n) is 5.66. The van der Waals surface area contributed by atoms with Crippen LogP contribution in [0.5, 0.6) is 0 Å². The van der Waals surface area contributed by atoms with Crippen LogP contribution in [0.1, 0.15) is 11.4 Å². The Kier molecular flexibility index (Phi) is 3.95. The van der Waals surface area contributed by atoms with Crippen molar-refractivity contribution in [3.8, 4) is 0 Å². The first-order chi connectivity index (χ1) is 12.2. The van der Waals surface area contributed by atoms with Gasteiger partial charge in [0.25, 0.3) is 0 Å². The van der Waals surface area contributed by atoms with Gasteiger partial charge in [0.1, 0.15) is 0 Å². The summed E-state index contributed by atoms with van der Waals surface area (Å²) in [7, 11) is 0. The topological polar surface area (TPSA) is 81.1 Å². The maximum absolute atomic E-state index is 6.02. The molecule has 7 heteroatoms. The smallest absolute Gasteiger partial charge is 0.178 e. The molecule has 0 saturated carbocycles. The van der Waals surface area contributed by atoms with Crippen LogP contribution in [0.4, 0.5) is 17.2 Å². The normalized spacial score (nSPS) is 10.9. The molecule has 0 saturated heterocycles. The van der Waals surface area contributed by atoms with Gasteiger partial charge in [0.2, 0.25) is 0 Å². The third-order valence-corrected chi connectivity index (χ3v) is 3.97. The minimum absolute atomic E-state index is 0.597. The highest BCUT2D eigenvalue weighted by atomic mass is 35.5. The average molecular weight is 351 g/mol. The van der Waals surface area contributed by atoms with Crippen LogP contribution in [0.2, 0.25) is 5.02 Å². The van der Waals surface area contributed by atoms with Crippen molar-refractivity contribution in [3.63, 3.8) is 0 Å². The second kappa shape index (κ2) is 6.41. The van der Waals surface area contributed by atoms with Crippen LogP contribution in [-0.2, 0) is 6.42 Å². The van der Waals surface area contributed by atoms with Crippen LogP contribution in [0.25, 0.3) is 5.65 Å².